The van der Waals surface area contributed by atoms with Gasteiger partial charge in [0.05, 0.1) is 11.3 Å². The van der Waals surface area contributed by atoms with Gasteiger partial charge in [-0.15, -0.1) is 0 Å². The first-order valence-corrected chi connectivity index (χ1v) is 8.41. The van der Waals surface area contributed by atoms with Gasteiger partial charge in [-0.3, -0.25) is 4.98 Å². The summed E-state index contributed by atoms with van der Waals surface area (Å²) in [6, 6.07) is 9.82. The second-order valence-electron chi connectivity index (χ2n) is 4.96. The minimum absolute atomic E-state index is 0.209. The summed E-state index contributed by atoms with van der Waals surface area (Å²) < 4.78 is 25.5. The van der Waals surface area contributed by atoms with Crippen LogP contribution in [0.15, 0.2) is 36.5 Å². The third-order valence-electron chi connectivity index (χ3n) is 3.28. The summed E-state index contributed by atoms with van der Waals surface area (Å²) >= 11 is 0. The van der Waals surface area contributed by atoms with Crippen LogP contribution >= 0.6 is 0 Å². The van der Waals surface area contributed by atoms with Gasteiger partial charge in [-0.1, -0.05) is 31.5 Å². The highest BCUT2D eigenvalue weighted by atomic mass is 32.2. The van der Waals surface area contributed by atoms with Gasteiger partial charge in [0.1, 0.15) is 0 Å². The van der Waals surface area contributed by atoms with Crippen LogP contribution in [0.4, 0.5) is 0 Å². The molecule has 1 aromatic carbocycles. The predicted octanol–water partition coefficient (Wildman–Crippen LogP) is 2.80. The number of aromatic nitrogens is 1. The minimum atomic E-state index is -3.17. The number of hydrogen-bond donors (Lipinski definition) is 0. The number of hydrogen-bond acceptors (Lipinski definition) is 3. The monoisotopic (exact) mass is 292 g/mol. The molecule has 108 valence electrons. The fourth-order valence-corrected chi connectivity index (χ4v) is 3.35. The van der Waals surface area contributed by atoms with Gasteiger partial charge in [-0.25, -0.2) is 12.7 Å². The van der Waals surface area contributed by atoms with Crippen LogP contribution < -0.4 is 0 Å². The molecule has 0 amide bonds. The maximum absolute atomic E-state index is 12.1. The Morgan fingerprint density at radius 3 is 2.75 bits per heavy atom. The summed E-state index contributed by atoms with van der Waals surface area (Å²) in [5, 5.41) is 1.03. The Hall–Kier alpha value is -1.46. The first-order chi connectivity index (χ1) is 9.53. The van der Waals surface area contributed by atoms with Crippen LogP contribution in [-0.4, -0.2) is 30.5 Å². The molecular formula is C15H20N2O2S. The Labute approximate surface area is 120 Å². The van der Waals surface area contributed by atoms with Gasteiger partial charge in [-0.05, 0) is 24.1 Å². The Bertz CT molecular complexity index is 683. The molecule has 2 aromatic rings. The number of pyridine rings is 1. The number of rotatable bonds is 6. The lowest BCUT2D eigenvalue weighted by atomic mass is 10.1. The molecule has 0 saturated carbocycles. The molecule has 20 heavy (non-hydrogen) atoms. The molecule has 0 spiro atoms. The van der Waals surface area contributed by atoms with Crippen molar-refractivity contribution < 1.29 is 8.42 Å². The second-order valence-corrected chi connectivity index (χ2v) is 7.16. The molecule has 4 nitrogen and oxygen atoms in total. The van der Waals surface area contributed by atoms with E-state index in [2.05, 4.69) is 4.98 Å². The standard InChI is InChI=1S/C15H20N2O2S/c1-3-4-9-20(18,19)17(2)12-13-10-14-7-5-6-8-15(14)16-11-13/h5-8,10-11H,3-4,9,12H2,1-2H3. The third kappa shape index (κ3) is 3.55. The normalized spacial score (nSPS) is 12.2. The van der Waals surface area contributed by atoms with Crippen molar-refractivity contribution in [1.82, 2.24) is 9.29 Å². The van der Waals surface area contributed by atoms with E-state index in [4.69, 9.17) is 0 Å². The summed E-state index contributed by atoms with van der Waals surface area (Å²) in [6.45, 7) is 2.35. The van der Waals surface area contributed by atoms with Crippen molar-refractivity contribution in [2.75, 3.05) is 12.8 Å². The second kappa shape index (κ2) is 6.33. The van der Waals surface area contributed by atoms with Crippen LogP contribution in [0.3, 0.4) is 0 Å². The minimum Gasteiger partial charge on any atom is -0.256 e. The van der Waals surface area contributed by atoms with E-state index in [1.165, 1.54) is 4.31 Å². The van der Waals surface area contributed by atoms with E-state index < -0.39 is 10.0 Å². The van der Waals surface area contributed by atoms with Crippen LogP contribution in [0.2, 0.25) is 0 Å². The van der Waals surface area contributed by atoms with Gasteiger partial charge < -0.3 is 0 Å². The van der Waals surface area contributed by atoms with Gasteiger partial charge >= 0.3 is 0 Å². The smallest absolute Gasteiger partial charge is 0.214 e. The molecule has 2 rings (SSSR count). The predicted molar refractivity (Wildman–Crippen MR) is 81.9 cm³/mol. The van der Waals surface area contributed by atoms with E-state index in [0.717, 1.165) is 22.9 Å². The van der Waals surface area contributed by atoms with E-state index in [1.54, 1.807) is 13.2 Å². The van der Waals surface area contributed by atoms with Crippen LogP contribution in [0.1, 0.15) is 25.3 Å². The number of benzene rings is 1. The number of unbranched alkanes of at least 4 members (excludes halogenated alkanes) is 1. The van der Waals surface area contributed by atoms with Gasteiger partial charge in [0.2, 0.25) is 10.0 Å². The SMILES string of the molecule is CCCCS(=O)(=O)N(C)Cc1cnc2ccccc2c1. The lowest BCUT2D eigenvalue weighted by molar-refractivity contribution is 0.465. The van der Waals surface area contributed by atoms with Crippen molar-refractivity contribution in [3.8, 4) is 0 Å². The third-order valence-corrected chi connectivity index (χ3v) is 5.17. The number of sulfonamides is 1. The fraction of sp³-hybridized carbons (Fsp3) is 0.400. The highest BCUT2D eigenvalue weighted by molar-refractivity contribution is 7.89. The first kappa shape index (κ1) is 14.9. The zero-order valence-corrected chi connectivity index (χ0v) is 12.7. The molecule has 0 bridgehead atoms. The Morgan fingerprint density at radius 1 is 1.25 bits per heavy atom. The molecule has 0 saturated heterocycles. The van der Waals surface area contributed by atoms with Gasteiger partial charge in [0.15, 0.2) is 0 Å². The Kier molecular flexibility index (Phi) is 4.73. The summed E-state index contributed by atoms with van der Waals surface area (Å²) in [5.41, 5.74) is 1.83. The van der Waals surface area contributed by atoms with Gasteiger partial charge in [0.25, 0.3) is 0 Å². The van der Waals surface area contributed by atoms with Crippen LogP contribution in [0.25, 0.3) is 10.9 Å². The van der Waals surface area contributed by atoms with E-state index >= 15 is 0 Å². The van der Waals surface area contributed by atoms with E-state index in [9.17, 15) is 8.42 Å². The fourth-order valence-electron chi connectivity index (χ4n) is 2.04. The number of fused-ring (bicyclic) bond motifs is 1. The lowest BCUT2D eigenvalue weighted by Gasteiger charge is -2.17. The Balaban J connectivity index is 2.15. The Morgan fingerprint density at radius 2 is 2.00 bits per heavy atom. The number of nitrogens with zero attached hydrogens (tertiary/aromatic N) is 2. The number of para-hydroxylation sites is 1. The molecule has 5 heteroatoms. The van der Waals surface area contributed by atoms with Crippen molar-refractivity contribution in [1.29, 1.82) is 0 Å². The van der Waals surface area contributed by atoms with Crippen molar-refractivity contribution in [3.63, 3.8) is 0 Å². The highest BCUT2D eigenvalue weighted by Gasteiger charge is 2.17. The quantitative estimate of drug-likeness (QED) is 0.822. The topological polar surface area (TPSA) is 50.3 Å². The zero-order valence-electron chi connectivity index (χ0n) is 11.9. The molecular weight excluding hydrogens is 272 g/mol. The molecule has 0 atom stereocenters. The summed E-state index contributed by atoms with van der Waals surface area (Å²) in [5.74, 6) is 0.209. The zero-order chi connectivity index (χ0) is 14.6. The molecule has 0 fully saturated rings. The maximum atomic E-state index is 12.1. The lowest BCUT2D eigenvalue weighted by Crippen LogP contribution is -2.28. The van der Waals surface area contributed by atoms with Crippen molar-refractivity contribution in [2.24, 2.45) is 0 Å². The molecule has 0 aliphatic carbocycles. The molecule has 0 N–H and O–H groups in total. The highest BCUT2D eigenvalue weighted by Crippen LogP contribution is 2.15. The largest absolute Gasteiger partial charge is 0.256 e. The van der Waals surface area contributed by atoms with E-state index in [-0.39, 0.29) is 5.75 Å². The van der Waals surface area contributed by atoms with E-state index in [0.29, 0.717) is 13.0 Å². The molecule has 0 aliphatic rings. The van der Waals surface area contributed by atoms with Crippen LogP contribution in [0.5, 0.6) is 0 Å². The first-order valence-electron chi connectivity index (χ1n) is 6.80. The molecule has 0 unspecified atom stereocenters. The van der Waals surface area contributed by atoms with Crippen molar-refractivity contribution >= 4 is 20.9 Å². The maximum Gasteiger partial charge on any atom is 0.214 e. The average Bonchev–Trinajstić information content (AvgIpc) is 2.45. The summed E-state index contributed by atoms with van der Waals surface area (Å²) in [4.78, 5) is 4.36. The molecule has 1 heterocycles. The van der Waals surface area contributed by atoms with Gasteiger partial charge in [0, 0.05) is 25.2 Å². The average molecular weight is 292 g/mol. The molecule has 1 aromatic heterocycles. The van der Waals surface area contributed by atoms with Crippen LogP contribution in [-0.2, 0) is 16.6 Å². The van der Waals surface area contributed by atoms with Gasteiger partial charge in [-0.2, -0.15) is 0 Å². The van der Waals surface area contributed by atoms with E-state index in [1.807, 2.05) is 37.3 Å². The van der Waals surface area contributed by atoms with Crippen molar-refractivity contribution in [2.45, 2.75) is 26.3 Å². The van der Waals surface area contributed by atoms with Crippen molar-refractivity contribution in [3.05, 3.63) is 42.1 Å². The summed E-state index contributed by atoms with van der Waals surface area (Å²) in [6.07, 6.45) is 3.32. The summed E-state index contributed by atoms with van der Waals surface area (Å²) in [7, 11) is -1.54. The van der Waals surface area contributed by atoms with Crippen LogP contribution in [0, 0.1) is 0 Å². The molecule has 0 aliphatic heterocycles. The molecule has 0 radical (unpaired) electrons.